The quantitative estimate of drug-likeness (QED) is 0.633. The molecule has 0 bridgehead atoms. The highest BCUT2D eigenvalue weighted by atomic mass is 16.6. The van der Waals surface area contributed by atoms with Crippen molar-refractivity contribution < 1.29 is 19.1 Å². The molecule has 2 rings (SSSR count). The molecule has 0 N–H and O–H groups in total. The van der Waals surface area contributed by atoms with Crippen LogP contribution in [-0.4, -0.2) is 41.8 Å². The van der Waals surface area contributed by atoms with Gasteiger partial charge in [-0.2, -0.15) is 0 Å². The molecule has 1 amide bonds. The standard InChI is InChI=1S/C14H23NO4/c1-10-8-14(11(16)18-10)6-5-7-15(9-14)12(17)19-13(2,3)4/h10H,5-9H2,1-4H3/t10-,14-/m1/s1. The lowest BCUT2D eigenvalue weighted by atomic mass is 9.78. The van der Waals surface area contributed by atoms with Gasteiger partial charge in [-0.15, -0.1) is 0 Å². The Bertz CT molecular complexity index is 387. The second kappa shape index (κ2) is 4.69. The van der Waals surface area contributed by atoms with Crippen LogP contribution in [0, 0.1) is 5.41 Å². The van der Waals surface area contributed by atoms with E-state index >= 15 is 0 Å². The molecule has 0 radical (unpaired) electrons. The summed E-state index contributed by atoms with van der Waals surface area (Å²) >= 11 is 0. The maximum absolute atomic E-state index is 12.1. The number of carbonyl (C=O) groups is 2. The van der Waals surface area contributed by atoms with Gasteiger partial charge in [0.15, 0.2) is 0 Å². The molecule has 19 heavy (non-hydrogen) atoms. The van der Waals surface area contributed by atoms with Crippen LogP contribution in [0.3, 0.4) is 0 Å². The van der Waals surface area contributed by atoms with Crippen LogP contribution >= 0.6 is 0 Å². The van der Waals surface area contributed by atoms with Crippen LogP contribution in [0.15, 0.2) is 0 Å². The van der Waals surface area contributed by atoms with Gasteiger partial charge in [-0.25, -0.2) is 4.79 Å². The number of esters is 1. The third kappa shape index (κ3) is 3.01. The minimum Gasteiger partial charge on any atom is -0.462 e. The molecular formula is C14H23NO4. The van der Waals surface area contributed by atoms with E-state index in [0.717, 1.165) is 12.8 Å². The van der Waals surface area contributed by atoms with Crippen LogP contribution < -0.4 is 0 Å². The number of carbonyl (C=O) groups excluding carboxylic acids is 2. The van der Waals surface area contributed by atoms with Crippen molar-refractivity contribution in [3.05, 3.63) is 0 Å². The minimum atomic E-state index is -0.509. The number of hydrogen-bond donors (Lipinski definition) is 0. The molecule has 5 heteroatoms. The van der Waals surface area contributed by atoms with Crippen LogP contribution in [0.2, 0.25) is 0 Å². The fourth-order valence-electron chi connectivity index (χ4n) is 2.93. The van der Waals surface area contributed by atoms with Gasteiger partial charge in [0.2, 0.25) is 0 Å². The number of rotatable bonds is 0. The topological polar surface area (TPSA) is 55.8 Å². The first-order valence-corrected chi connectivity index (χ1v) is 6.91. The summed E-state index contributed by atoms with van der Waals surface area (Å²) in [5.74, 6) is -0.159. The van der Waals surface area contributed by atoms with E-state index in [0.29, 0.717) is 19.5 Å². The molecular weight excluding hydrogens is 246 g/mol. The third-order valence-corrected chi connectivity index (χ3v) is 3.65. The zero-order valence-electron chi connectivity index (χ0n) is 12.2. The van der Waals surface area contributed by atoms with Gasteiger partial charge in [0.25, 0.3) is 0 Å². The molecule has 1 spiro atoms. The monoisotopic (exact) mass is 269 g/mol. The number of cyclic esters (lactones) is 1. The number of likely N-dealkylation sites (tertiary alicyclic amines) is 1. The largest absolute Gasteiger partial charge is 0.462 e. The lowest BCUT2D eigenvalue weighted by Crippen LogP contribution is -2.49. The van der Waals surface area contributed by atoms with Crippen molar-refractivity contribution in [2.24, 2.45) is 5.41 Å². The Hall–Kier alpha value is -1.26. The molecule has 2 aliphatic rings. The predicted octanol–water partition coefficient (Wildman–Crippen LogP) is 2.34. The SMILES string of the molecule is C[C@@H]1C[C@@]2(CCCN(C(=O)OC(C)(C)C)C2)C(=O)O1. The van der Waals surface area contributed by atoms with E-state index in [1.54, 1.807) is 4.90 Å². The summed E-state index contributed by atoms with van der Waals surface area (Å²) < 4.78 is 10.6. The van der Waals surface area contributed by atoms with E-state index in [1.807, 2.05) is 27.7 Å². The summed E-state index contributed by atoms with van der Waals surface area (Å²) in [7, 11) is 0. The summed E-state index contributed by atoms with van der Waals surface area (Å²) in [5.41, 5.74) is -1.01. The van der Waals surface area contributed by atoms with Crippen LogP contribution in [-0.2, 0) is 14.3 Å². The Labute approximate surface area is 114 Å². The molecule has 2 heterocycles. The van der Waals surface area contributed by atoms with E-state index in [2.05, 4.69) is 0 Å². The molecule has 5 nitrogen and oxygen atoms in total. The summed E-state index contributed by atoms with van der Waals surface area (Å²) in [6.07, 6.45) is 1.94. The highest BCUT2D eigenvalue weighted by molar-refractivity contribution is 5.80. The molecule has 0 saturated carbocycles. The highest BCUT2D eigenvalue weighted by Crippen LogP contribution is 2.41. The minimum absolute atomic E-state index is 0.0499. The average molecular weight is 269 g/mol. The smallest absolute Gasteiger partial charge is 0.410 e. The zero-order chi connectivity index (χ0) is 14.3. The molecule has 0 aromatic carbocycles. The second-order valence-electron chi connectivity index (χ2n) is 6.71. The van der Waals surface area contributed by atoms with E-state index in [4.69, 9.17) is 9.47 Å². The summed E-state index contributed by atoms with van der Waals surface area (Å²) in [6, 6.07) is 0. The Morgan fingerprint density at radius 1 is 1.47 bits per heavy atom. The fourth-order valence-corrected chi connectivity index (χ4v) is 2.93. The van der Waals surface area contributed by atoms with E-state index in [9.17, 15) is 9.59 Å². The number of nitrogens with zero attached hydrogens (tertiary/aromatic N) is 1. The van der Waals surface area contributed by atoms with Crippen molar-refractivity contribution in [2.45, 2.75) is 58.7 Å². The maximum atomic E-state index is 12.1. The van der Waals surface area contributed by atoms with Crippen molar-refractivity contribution in [3.63, 3.8) is 0 Å². The van der Waals surface area contributed by atoms with Gasteiger partial charge in [-0.05, 0) is 40.5 Å². The molecule has 0 unspecified atom stereocenters. The molecule has 2 saturated heterocycles. The molecule has 2 aliphatic heterocycles. The summed E-state index contributed by atoms with van der Waals surface area (Å²) in [4.78, 5) is 25.8. The molecule has 2 fully saturated rings. The number of hydrogen-bond acceptors (Lipinski definition) is 4. The van der Waals surface area contributed by atoms with Crippen molar-refractivity contribution in [1.29, 1.82) is 0 Å². The number of ether oxygens (including phenoxy) is 2. The van der Waals surface area contributed by atoms with Gasteiger partial charge in [-0.3, -0.25) is 4.79 Å². The molecule has 0 aliphatic carbocycles. The van der Waals surface area contributed by atoms with Gasteiger partial charge in [-0.1, -0.05) is 0 Å². The average Bonchev–Trinajstić information content (AvgIpc) is 2.51. The Morgan fingerprint density at radius 3 is 2.68 bits per heavy atom. The van der Waals surface area contributed by atoms with Crippen molar-refractivity contribution in [3.8, 4) is 0 Å². The van der Waals surface area contributed by atoms with E-state index in [1.165, 1.54) is 0 Å². The lowest BCUT2D eigenvalue weighted by Gasteiger charge is -2.38. The number of amides is 1. The van der Waals surface area contributed by atoms with Gasteiger partial charge < -0.3 is 14.4 Å². The first kappa shape index (κ1) is 14.2. The molecule has 0 aromatic heterocycles. The summed E-state index contributed by atoms with van der Waals surface area (Å²) in [5, 5.41) is 0. The Kier molecular flexibility index (Phi) is 3.49. The highest BCUT2D eigenvalue weighted by Gasteiger charge is 2.51. The van der Waals surface area contributed by atoms with Crippen LogP contribution in [0.4, 0.5) is 4.79 Å². The molecule has 108 valence electrons. The second-order valence-corrected chi connectivity index (χ2v) is 6.71. The van der Waals surface area contributed by atoms with Crippen LogP contribution in [0.25, 0.3) is 0 Å². The molecule has 2 atom stereocenters. The lowest BCUT2D eigenvalue weighted by molar-refractivity contribution is -0.150. The zero-order valence-corrected chi connectivity index (χ0v) is 12.2. The van der Waals surface area contributed by atoms with Gasteiger partial charge in [0, 0.05) is 19.5 Å². The normalized spacial score (nSPS) is 31.5. The van der Waals surface area contributed by atoms with Crippen molar-refractivity contribution >= 4 is 12.1 Å². The van der Waals surface area contributed by atoms with E-state index < -0.39 is 11.0 Å². The van der Waals surface area contributed by atoms with Crippen LogP contribution in [0.1, 0.15) is 47.0 Å². The molecule has 0 aromatic rings. The predicted molar refractivity (Wildman–Crippen MR) is 69.6 cm³/mol. The Balaban J connectivity index is 2.05. The van der Waals surface area contributed by atoms with Gasteiger partial charge in [0.05, 0.1) is 5.41 Å². The first-order valence-electron chi connectivity index (χ1n) is 6.91. The fraction of sp³-hybridized carbons (Fsp3) is 0.857. The van der Waals surface area contributed by atoms with Gasteiger partial charge in [0.1, 0.15) is 11.7 Å². The van der Waals surface area contributed by atoms with Crippen molar-refractivity contribution in [2.75, 3.05) is 13.1 Å². The summed E-state index contributed by atoms with van der Waals surface area (Å²) in [6.45, 7) is 8.51. The first-order chi connectivity index (χ1) is 8.72. The third-order valence-electron chi connectivity index (χ3n) is 3.65. The maximum Gasteiger partial charge on any atom is 0.410 e. The van der Waals surface area contributed by atoms with Gasteiger partial charge >= 0.3 is 12.1 Å². The van der Waals surface area contributed by atoms with E-state index in [-0.39, 0.29) is 18.2 Å². The van der Waals surface area contributed by atoms with Crippen molar-refractivity contribution in [1.82, 2.24) is 4.90 Å². The Morgan fingerprint density at radius 2 is 2.16 bits per heavy atom. The van der Waals surface area contributed by atoms with Crippen LogP contribution in [0.5, 0.6) is 0 Å². The number of piperidine rings is 1.